The predicted molar refractivity (Wildman–Crippen MR) is 288 cm³/mol. The number of carbonyl (C=O) groups is 3. The summed E-state index contributed by atoms with van der Waals surface area (Å²) in [5, 5.41) is 0. The maximum Gasteiger partial charge on any atom is 0.306 e. The molecular weight excluding hydrogens is 829 g/mol. The van der Waals surface area contributed by atoms with Crippen LogP contribution in [0, 0.1) is 0 Å². The molecule has 0 rings (SSSR count). The molecule has 0 spiro atoms. The molecule has 67 heavy (non-hydrogen) atoms. The standard InChI is InChI=1S/C61H108O6/c1-4-7-10-13-15-17-19-21-23-25-27-29-30-32-33-35-37-39-41-43-45-48-51-54-60(63)66-57-58(56-65-59(62)53-50-47-12-9-6-3)67-61(64)55-52-49-46-44-42-40-38-36-34-31-28-26-24-22-20-18-16-14-11-8-5-2/h19-22,25-28,34,36,58H,4-18,23-24,29-33,35,37-57H2,1-3H3/b21-19-,22-20-,27-25-,28-26-,36-34-. The lowest BCUT2D eigenvalue weighted by Crippen LogP contribution is -2.30. The average molecular weight is 938 g/mol. The zero-order chi connectivity index (χ0) is 48.6. The molecule has 0 aliphatic heterocycles. The molecule has 0 bridgehead atoms. The molecule has 388 valence electrons. The van der Waals surface area contributed by atoms with Gasteiger partial charge in [-0.25, -0.2) is 0 Å². The van der Waals surface area contributed by atoms with Gasteiger partial charge in [-0.3, -0.25) is 14.4 Å². The van der Waals surface area contributed by atoms with Gasteiger partial charge in [0.25, 0.3) is 0 Å². The van der Waals surface area contributed by atoms with Crippen molar-refractivity contribution in [3.8, 4) is 0 Å². The molecule has 0 N–H and O–H groups in total. The summed E-state index contributed by atoms with van der Waals surface area (Å²) in [6, 6.07) is 0. The van der Waals surface area contributed by atoms with E-state index in [-0.39, 0.29) is 31.1 Å². The predicted octanol–water partition coefficient (Wildman–Crippen LogP) is 19.2. The van der Waals surface area contributed by atoms with Gasteiger partial charge in [-0.2, -0.15) is 0 Å². The number of rotatable bonds is 52. The van der Waals surface area contributed by atoms with Crippen molar-refractivity contribution < 1.29 is 28.6 Å². The van der Waals surface area contributed by atoms with Crippen molar-refractivity contribution >= 4 is 17.9 Å². The second-order valence-corrected chi connectivity index (χ2v) is 19.2. The minimum atomic E-state index is -0.778. The van der Waals surface area contributed by atoms with Gasteiger partial charge >= 0.3 is 17.9 Å². The quantitative estimate of drug-likeness (QED) is 0.0262. The van der Waals surface area contributed by atoms with Crippen LogP contribution in [0.2, 0.25) is 0 Å². The summed E-state index contributed by atoms with van der Waals surface area (Å²) in [5.41, 5.74) is 0. The van der Waals surface area contributed by atoms with Crippen LogP contribution >= 0.6 is 0 Å². The first-order chi connectivity index (χ1) is 33.0. The van der Waals surface area contributed by atoms with Crippen molar-refractivity contribution in [3.63, 3.8) is 0 Å². The highest BCUT2D eigenvalue weighted by Crippen LogP contribution is 2.15. The molecule has 0 aromatic heterocycles. The summed E-state index contributed by atoms with van der Waals surface area (Å²) < 4.78 is 16.7. The number of hydrogen-bond donors (Lipinski definition) is 0. The van der Waals surface area contributed by atoms with Gasteiger partial charge in [0, 0.05) is 19.3 Å². The molecule has 0 aromatic rings. The normalized spacial score (nSPS) is 12.5. The molecule has 1 atom stereocenters. The topological polar surface area (TPSA) is 78.9 Å². The van der Waals surface area contributed by atoms with Crippen molar-refractivity contribution in [2.24, 2.45) is 0 Å². The van der Waals surface area contributed by atoms with E-state index in [2.05, 4.69) is 81.5 Å². The minimum absolute atomic E-state index is 0.0800. The summed E-state index contributed by atoms with van der Waals surface area (Å²) >= 11 is 0. The zero-order valence-corrected chi connectivity index (χ0v) is 44.4. The lowest BCUT2D eigenvalue weighted by Gasteiger charge is -2.18. The maximum absolute atomic E-state index is 12.8. The highest BCUT2D eigenvalue weighted by atomic mass is 16.6. The van der Waals surface area contributed by atoms with E-state index in [0.29, 0.717) is 19.3 Å². The summed E-state index contributed by atoms with van der Waals surface area (Å²) in [5.74, 6) is -0.900. The molecular formula is C61H108O6. The Kier molecular flexibility index (Phi) is 53.3. The van der Waals surface area contributed by atoms with E-state index in [4.69, 9.17) is 14.2 Å². The molecule has 6 nitrogen and oxygen atoms in total. The van der Waals surface area contributed by atoms with Gasteiger partial charge in [0.05, 0.1) is 0 Å². The Balaban J connectivity index is 4.12. The van der Waals surface area contributed by atoms with Crippen molar-refractivity contribution in [2.45, 2.75) is 297 Å². The SMILES string of the molecule is CCCCCCC/C=C\C/C=C\C/C=C\CCCCCCCCC(=O)OC(COC(=O)CCCCCCC)COC(=O)CCCCCCCCCCCCC/C=C\C/C=C\CCCCCCC. The fourth-order valence-electron chi connectivity index (χ4n) is 8.13. The zero-order valence-electron chi connectivity index (χ0n) is 44.4. The Bertz CT molecular complexity index is 1210. The molecule has 0 aliphatic carbocycles. The first-order valence-electron chi connectivity index (χ1n) is 28.8. The van der Waals surface area contributed by atoms with Gasteiger partial charge in [-0.15, -0.1) is 0 Å². The van der Waals surface area contributed by atoms with Crippen LogP contribution in [-0.4, -0.2) is 37.2 Å². The molecule has 0 saturated heterocycles. The average Bonchev–Trinajstić information content (AvgIpc) is 3.33. The third-order valence-electron chi connectivity index (χ3n) is 12.5. The van der Waals surface area contributed by atoms with Gasteiger partial charge in [0.1, 0.15) is 13.2 Å². The van der Waals surface area contributed by atoms with E-state index in [1.807, 2.05) is 0 Å². The highest BCUT2D eigenvalue weighted by Gasteiger charge is 2.19. The first kappa shape index (κ1) is 64.1. The van der Waals surface area contributed by atoms with Crippen LogP contribution in [0.1, 0.15) is 290 Å². The van der Waals surface area contributed by atoms with Crippen molar-refractivity contribution in [1.82, 2.24) is 0 Å². The number of carbonyl (C=O) groups excluding carboxylic acids is 3. The maximum atomic E-state index is 12.8. The molecule has 0 heterocycles. The smallest absolute Gasteiger partial charge is 0.306 e. The summed E-state index contributed by atoms with van der Waals surface area (Å²) in [6.07, 6.45) is 69.7. The summed E-state index contributed by atoms with van der Waals surface area (Å²) in [6.45, 7) is 6.54. The number of hydrogen-bond acceptors (Lipinski definition) is 6. The first-order valence-corrected chi connectivity index (χ1v) is 28.8. The van der Waals surface area contributed by atoms with Gasteiger partial charge in [0.2, 0.25) is 0 Å². The molecule has 0 fully saturated rings. The van der Waals surface area contributed by atoms with Crippen molar-refractivity contribution in [2.75, 3.05) is 13.2 Å². The molecule has 6 heteroatoms. The van der Waals surface area contributed by atoms with Crippen LogP contribution in [-0.2, 0) is 28.6 Å². The summed E-state index contributed by atoms with van der Waals surface area (Å²) in [7, 11) is 0. The highest BCUT2D eigenvalue weighted by molar-refractivity contribution is 5.71. The van der Waals surface area contributed by atoms with E-state index in [1.165, 1.54) is 154 Å². The van der Waals surface area contributed by atoms with Crippen LogP contribution in [0.4, 0.5) is 0 Å². The fourth-order valence-corrected chi connectivity index (χ4v) is 8.13. The van der Waals surface area contributed by atoms with Gasteiger partial charge in [0.15, 0.2) is 6.10 Å². The van der Waals surface area contributed by atoms with Gasteiger partial charge < -0.3 is 14.2 Å². The summed E-state index contributed by atoms with van der Waals surface area (Å²) in [4.78, 5) is 37.8. The molecule has 0 aliphatic rings. The largest absolute Gasteiger partial charge is 0.462 e. The third-order valence-corrected chi connectivity index (χ3v) is 12.5. The van der Waals surface area contributed by atoms with Crippen LogP contribution in [0.5, 0.6) is 0 Å². The Morgan fingerprint density at radius 3 is 0.836 bits per heavy atom. The molecule has 0 saturated carbocycles. The monoisotopic (exact) mass is 937 g/mol. The van der Waals surface area contributed by atoms with Gasteiger partial charge in [-0.1, -0.05) is 242 Å². The number of esters is 3. The van der Waals surface area contributed by atoms with Crippen LogP contribution in [0.25, 0.3) is 0 Å². The molecule has 0 amide bonds. The van der Waals surface area contributed by atoms with E-state index < -0.39 is 6.10 Å². The minimum Gasteiger partial charge on any atom is -0.462 e. The van der Waals surface area contributed by atoms with Crippen molar-refractivity contribution in [3.05, 3.63) is 60.8 Å². The van der Waals surface area contributed by atoms with Crippen LogP contribution in [0.3, 0.4) is 0 Å². The Labute approximate surface area is 415 Å². The van der Waals surface area contributed by atoms with E-state index >= 15 is 0 Å². The van der Waals surface area contributed by atoms with E-state index in [0.717, 1.165) is 96.3 Å². The second-order valence-electron chi connectivity index (χ2n) is 19.2. The number of allylic oxidation sites excluding steroid dienone is 10. The fraction of sp³-hybridized carbons (Fsp3) is 0.787. The molecule has 0 aromatic carbocycles. The molecule has 0 radical (unpaired) electrons. The molecule has 1 unspecified atom stereocenters. The van der Waals surface area contributed by atoms with E-state index in [9.17, 15) is 14.4 Å². The van der Waals surface area contributed by atoms with Crippen molar-refractivity contribution in [1.29, 1.82) is 0 Å². The van der Waals surface area contributed by atoms with E-state index in [1.54, 1.807) is 0 Å². The number of ether oxygens (including phenoxy) is 3. The Morgan fingerprint density at radius 2 is 0.537 bits per heavy atom. The Hall–Kier alpha value is -2.89. The lowest BCUT2D eigenvalue weighted by molar-refractivity contribution is -0.167. The Morgan fingerprint density at radius 1 is 0.299 bits per heavy atom. The van der Waals surface area contributed by atoms with Crippen LogP contribution in [0.15, 0.2) is 60.8 Å². The third kappa shape index (κ3) is 53.9. The van der Waals surface area contributed by atoms with Crippen LogP contribution < -0.4 is 0 Å². The van der Waals surface area contributed by atoms with Gasteiger partial charge in [-0.05, 0) is 89.9 Å². The number of unbranched alkanes of at least 4 members (excludes halogenated alkanes) is 31. The second kappa shape index (κ2) is 55.7. The lowest BCUT2D eigenvalue weighted by atomic mass is 10.0.